The van der Waals surface area contributed by atoms with Gasteiger partial charge in [-0.05, 0) is 13.3 Å². The number of nitrogens with one attached hydrogen (secondary N) is 3. The molecule has 0 radical (unpaired) electrons. The van der Waals surface area contributed by atoms with Gasteiger partial charge < -0.3 is 10.1 Å². The summed E-state index contributed by atoms with van der Waals surface area (Å²) in [5.74, 6) is 0.0286. The number of amides is 2. The van der Waals surface area contributed by atoms with Crippen molar-refractivity contribution in [3.63, 3.8) is 0 Å². The molecule has 0 aromatic carbocycles. The zero-order valence-electron chi connectivity index (χ0n) is 12.9. The van der Waals surface area contributed by atoms with Crippen molar-refractivity contribution >= 4 is 17.8 Å². The number of carbonyl (C=O) groups is 2. The van der Waals surface area contributed by atoms with Crippen LogP contribution in [0.5, 0.6) is 6.01 Å². The summed E-state index contributed by atoms with van der Waals surface area (Å²) in [5, 5.41) is 11.7. The molecule has 1 heterocycles. The lowest BCUT2D eigenvalue weighted by atomic mass is 9.96. The Balaban J connectivity index is 2.23. The number of hydrogen-bond acceptors (Lipinski definition) is 5. The molecule has 0 spiro atoms. The Morgan fingerprint density at radius 2 is 2.05 bits per heavy atom. The predicted molar refractivity (Wildman–Crippen MR) is 77.9 cm³/mol. The molecule has 1 aromatic rings. The van der Waals surface area contributed by atoms with Crippen molar-refractivity contribution in [2.24, 2.45) is 5.41 Å². The standard InChI is InChI=1S/C13H23N5O3/c1-5-21-12-16-11(17-18-12)15-9(19)7-6-8-14-10(20)13(2,3)4/h5-8H2,1-4H3,(H,14,20)(H2,15,16,17,18,19). The maximum atomic E-state index is 11.7. The van der Waals surface area contributed by atoms with Crippen molar-refractivity contribution in [3.05, 3.63) is 0 Å². The fourth-order valence-corrected chi connectivity index (χ4v) is 1.41. The number of nitrogens with zero attached hydrogens (tertiary/aromatic N) is 2. The molecule has 0 aliphatic heterocycles. The Bertz CT molecular complexity index is 478. The molecule has 0 saturated carbocycles. The van der Waals surface area contributed by atoms with Crippen LogP contribution in [0.3, 0.4) is 0 Å². The number of aromatic nitrogens is 3. The number of aromatic amines is 1. The Morgan fingerprint density at radius 1 is 1.33 bits per heavy atom. The molecule has 0 saturated heterocycles. The van der Waals surface area contributed by atoms with E-state index >= 15 is 0 Å². The third-order valence-corrected chi connectivity index (χ3v) is 2.54. The van der Waals surface area contributed by atoms with Gasteiger partial charge in [-0.2, -0.15) is 4.98 Å². The molecule has 8 heteroatoms. The van der Waals surface area contributed by atoms with Crippen LogP contribution in [0.1, 0.15) is 40.5 Å². The predicted octanol–water partition coefficient (Wildman–Crippen LogP) is 1.08. The van der Waals surface area contributed by atoms with E-state index in [1.54, 1.807) is 0 Å². The van der Waals surface area contributed by atoms with Gasteiger partial charge in [-0.25, -0.2) is 5.10 Å². The number of carbonyl (C=O) groups excluding carboxylic acids is 2. The van der Waals surface area contributed by atoms with E-state index in [1.807, 2.05) is 27.7 Å². The molecule has 1 aromatic heterocycles. The minimum absolute atomic E-state index is 0.0282. The second-order valence-electron chi connectivity index (χ2n) is 5.56. The van der Waals surface area contributed by atoms with Crippen LogP contribution in [0, 0.1) is 5.41 Å². The summed E-state index contributed by atoms with van der Waals surface area (Å²) in [6, 6.07) is 0.199. The summed E-state index contributed by atoms with van der Waals surface area (Å²) in [6.07, 6.45) is 0.842. The van der Waals surface area contributed by atoms with Crippen molar-refractivity contribution in [3.8, 4) is 6.01 Å². The Labute approximate surface area is 124 Å². The Kier molecular flexibility index (Phi) is 6.13. The fourth-order valence-electron chi connectivity index (χ4n) is 1.41. The van der Waals surface area contributed by atoms with Crippen LogP contribution in [0.25, 0.3) is 0 Å². The first-order valence-corrected chi connectivity index (χ1v) is 6.96. The summed E-state index contributed by atoms with van der Waals surface area (Å²) in [7, 11) is 0. The van der Waals surface area contributed by atoms with Crippen LogP contribution < -0.4 is 15.4 Å². The Hall–Kier alpha value is -2.12. The summed E-state index contributed by atoms with van der Waals surface area (Å²) >= 11 is 0. The van der Waals surface area contributed by atoms with Crippen LogP contribution in [-0.4, -0.2) is 40.1 Å². The lowest BCUT2D eigenvalue weighted by Crippen LogP contribution is -2.35. The minimum atomic E-state index is -0.419. The highest BCUT2D eigenvalue weighted by Gasteiger charge is 2.20. The first kappa shape index (κ1) is 16.9. The third-order valence-electron chi connectivity index (χ3n) is 2.54. The lowest BCUT2D eigenvalue weighted by molar-refractivity contribution is -0.128. The average molecular weight is 297 g/mol. The van der Waals surface area contributed by atoms with Crippen LogP contribution in [0.2, 0.25) is 0 Å². The van der Waals surface area contributed by atoms with Crippen LogP contribution in [0.15, 0.2) is 0 Å². The first-order chi connectivity index (χ1) is 9.82. The molecule has 0 bridgehead atoms. The van der Waals surface area contributed by atoms with Crippen molar-refractivity contribution in [2.45, 2.75) is 40.5 Å². The fraction of sp³-hybridized carbons (Fsp3) is 0.692. The number of hydrogen-bond donors (Lipinski definition) is 3. The highest BCUT2D eigenvalue weighted by Crippen LogP contribution is 2.12. The lowest BCUT2D eigenvalue weighted by Gasteiger charge is -2.17. The zero-order valence-corrected chi connectivity index (χ0v) is 12.9. The molecule has 118 valence electrons. The molecule has 21 heavy (non-hydrogen) atoms. The number of anilines is 1. The summed E-state index contributed by atoms with van der Waals surface area (Å²) in [6.45, 7) is 8.27. The normalized spacial score (nSPS) is 11.0. The van der Waals surface area contributed by atoms with Gasteiger partial charge in [0, 0.05) is 18.4 Å². The van der Waals surface area contributed by atoms with Gasteiger partial charge in [-0.3, -0.25) is 14.9 Å². The quantitative estimate of drug-likeness (QED) is 0.653. The van der Waals surface area contributed by atoms with Gasteiger partial charge in [-0.15, -0.1) is 5.10 Å². The largest absolute Gasteiger partial charge is 0.463 e. The second kappa shape index (κ2) is 7.61. The van der Waals surface area contributed by atoms with E-state index in [9.17, 15) is 9.59 Å². The average Bonchev–Trinajstić information content (AvgIpc) is 2.81. The minimum Gasteiger partial charge on any atom is -0.463 e. The van der Waals surface area contributed by atoms with Crippen molar-refractivity contribution < 1.29 is 14.3 Å². The number of rotatable bonds is 7. The first-order valence-electron chi connectivity index (χ1n) is 6.96. The van der Waals surface area contributed by atoms with E-state index in [4.69, 9.17) is 4.74 Å². The van der Waals surface area contributed by atoms with Crippen LogP contribution in [0.4, 0.5) is 5.95 Å². The smallest absolute Gasteiger partial charge is 0.337 e. The van der Waals surface area contributed by atoms with Crippen molar-refractivity contribution in [2.75, 3.05) is 18.5 Å². The van der Waals surface area contributed by atoms with Gasteiger partial charge in [0.15, 0.2) is 0 Å². The monoisotopic (exact) mass is 297 g/mol. The third kappa shape index (κ3) is 6.24. The molecule has 0 fully saturated rings. The molecule has 3 N–H and O–H groups in total. The van der Waals surface area contributed by atoms with Gasteiger partial charge in [0.2, 0.25) is 17.8 Å². The maximum absolute atomic E-state index is 11.7. The van der Waals surface area contributed by atoms with Crippen LogP contribution >= 0.6 is 0 Å². The summed E-state index contributed by atoms with van der Waals surface area (Å²) in [4.78, 5) is 27.2. The van der Waals surface area contributed by atoms with Crippen molar-refractivity contribution in [1.29, 1.82) is 0 Å². The van der Waals surface area contributed by atoms with E-state index in [0.717, 1.165) is 0 Å². The summed E-state index contributed by atoms with van der Waals surface area (Å²) in [5.41, 5.74) is -0.419. The van der Waals surface area contributed by atoms with Crippen molar-refractivity contribution in [1.82, 2.24) is 20.5 Å². The molecule has 0 atom stereocenters. The van der Waals surface area contributed by atoms with E-state index in [0.29, 0.717) is 19.6 Å². The molecule has 8 nitrogen and oxygen atoms in total. The highest BCUT2D eigenvalue weighted by atomic mass is 16.5. The van der Waals surface area contributed by atoms with Crippen LogP contribution in [-0.2, 0) is 9.59 Å². The maximum Gasteiger partial charge on any atom is 0.337 e. The number of ether oxygens (including phenoxy) is 1. The molecular weight excluding hydrogens is 274 g/mol. The van der Waals surface area contributed by atoms with E-state index in [1.165, 1.54) is 0 Å². The van der Waals surface area contributed by atoms with Gasteiger partial charge in [0.1, 0.15) is 0 Å². The van der Waals surface area contributed by atoms with Gasteiger partial charge in [0.05, 0.1) is 6.61 Å². The molecular formula is C13H23N5O3. The van der Waals surface area contributed by atoms with Gasteiger partial charge >= 0.3 is 6.01 Å². The second-order valence-corrected chi connectivity index (χ2v) is 5.56. The van der Waals surface area contributed by atoms with E-state index in [2.05, 4.69) is 25.8 Å². The zero-order chi connectivity index (χ0) is 15.9. The topological polar surface area (TPSA) is 109 Å². The van der Waals surface area contributed by atoms with E-state index in [-0.39, 0.29) is 30.2 Å². The molecule has 2 amide bonds. The molecule has 0 unspecified atom stereocenters. The molecule has 1 rings (SSSR count). The highest BCUT2D eigenvalue weighted by molar-refractivity contribution is 5.88. The number of H-pyrrole nitrogens is 1. The SMILES string of the molecule is CCOc1n[nH]c(NC(=O)CCCNC(=O)C(C)(C)C)n1. The Morgan fingerprint density at radius 3 is 2.67 bits per heavy atom. The van der Waals surface area contributed by atoms with E-state index < -0.39 is 5.41 Å². The van der Waals surface area contributed by atoms with Gasteiger partial charge in [0.25, 0.3) is 0 Å². The molecule has 0 aliphatic carbocycles. The summed E-state index contributed by atoms with van der Waals surface area (Å²) < 4.78 is 5.07. The van der Waals surface area contributed by atoms with Gasteiger partial charge in [-0.1, -0.05) is 20.8 Å². The molecule has 0 aliphatic rings.